The van der Waals surface area contributed by atoms with Crippen LogP contribution in [0.1, 0.15) is 28.4 Å². The minimum atomic E-state index is -0.988. The van der Waals surface area contributed by atoms with Crippen LogP contribution in [0.2, 0.25) is 0 Å². The number of imidazole rings is 1. The number of carbonyl (C=O) groups is 1. The predicted octanol–water partition coefficient (Wildman–Crippen LogP) is 2.64. The van der Waals surface area contributed by atoms with E-state index in [9.17, 15) is 9.90 Å². The molecule has 1 aliphatic heterocycles. The minimum Gasteiger partial charge on any atom is -0.478 e. The van der Waals surface area contributed by atoms with Crippen molar-refractivity contribution in [1.82, 2.24) is 19.4 Å². The molecule has 28 heavy (non-hydrogen) atoms. The third-order valence-electron chi connectivity index (χ3n) is 5.57. The number of fused-ring (bicyclic) bond motifs is 2. The maximum absolute atomic E-state index is 11.2. The van der Waals surface area contributed by atoms with Gasteiger partial charge in [-0.3, -0.25) is 9.47 Å². The standard InChI is InChI=1S/C21H25N5O2/c1-4-26-19-18(10-16(11-22-19)20(27)28)23-21(26)25(3)13-17-9-14-7-5-6-8-15(14)12-24(17)2/h5-8,10-11,17H,4,9,12-13H2,1-3H3,(H,27,28). The normalized spacial score (nSPS) is 16.9. The second kappa shape index (κ2) is 7.24. The van der Waals surface area contributed by atoms with Crippen LogP contribution in [0.15, 0.2) is 36.5 Å². The van der Waals surface area contributed by atoms with Gasteiger partial charge in [0, 0.05) is 38.9 Å². The molecule has 0 bridgehead atoms. The quantitative estimate of drug-likeness (QED) is 0.735. The molecule has 7 nitrogen and oxygen atoms in total. The molecule has 1 N–H and O–H groups in total. The maximum atomic E-state index is 11.2. The van der Waals surface area contributed by atoms with Crippen LogP contribution in [0.5, 0.6) is 0 Å². The van der Waals surface area contributed by atoms with Crippen LogP contribution in [0, 0.1) is 0 Å². The third-order valence-corrected chi connectivity index (χ3v) is 5.57. The number of hydrogen-bond donors (Lipinski definition) is 1. The number of carboxylic acid groups (broad SMARTS) is 1. The summed E-state index contributed by atoms with van der Waals surface area (Å²) in [5.41, 5.74) is 4.31. The molecule has 0 radical (unpaired) electrons. The van der Waals surface area contributed by atoms with Gasteiger partial charge in [-0.25, -0.2) is 14.8 Å². The molecule has 0 fully saturated rings. The highest BCUT2D eigenvalue weighted by molar-refractivity contribution is 5.91. The van der Waals surface area contributed by atoms with Gasteiger partial charge in [-0.1, -0.05) is 24.3 Å². The summed E-state index contributed by atoms with van der Waals surface area (Å²) in [5.74, 6) is -0.169. The van der Waals surface area contributed by atoms with E-state index in [2.05, 4.69) is 46.1 Å². The van der Waals surface area contributed by atoms with Gasteiger partial charge in [-0.05, 0) is 37.6 Å². The van der Waals surface area contributed by atoms with Gasteiger partial charge >= 0.3 is 5.97 Å². The first-order chi connectivity index (χ1) is 13.5. The zero-order chi connectivity index (χ0) is 19.8. The van der Waals surface area contributed by atoms with Gasteiger partial charge in [0.15, 0.2) is 5.65 Å². The van der Waals surface area contributed by atoms with Crippen molar-refractivity contribution >= 4 is 23.1 Å². The average molecular weight is 379 g/mol. The Hall–Kier alpha value is -2.93. The molecule has 3 heterocycles. The molecule has 3 aromatic rings. The lowest BCUT2D eigenvalue weighted by atomic mass is 9.94. The fraction of sp³-hybridized carbons (Fsp3) is 0.381. The molecule has 7 heteroatoms. The van der Waals surface area contributed by atoms with Gasteiger partial charge < -0.3 is 10.0 Å². The van der Waals surface area contributed by atoms with Crippen molar-refractivity contribution in [2.24, 2.45) is 0 Å². The Morgan fingerprint density at radius 1 is 1.32 bits per heavy atom. The van der Waals surface area contributed by atoms with Crippen molar-refractivity contribution in [3.8, 4) is 0 Å². The monoisotopic (exact) mass is 379 g/mol. The highest BCUT2D eigenvalue weighted by Gasteiger charge is 2.26. The van der Waals surface area contributed by atoms with Crippen LogP contribution in [0.25, 0.3) is 11.2 Å². The Balaban J connectivity index is 1.62. The summed E-state index contributed by atoms with van der Waals surface area (Å²) < 4.78 is 2.04. The Morgan fingerprint density at radius 2 is 2.07 bits per heavy atom. The van der Waals surface area contributed by atoms with Crippen molar-refractivity contribution in [1.29, 1.82) is 0 Å². The number of hydrogen-bond acceptors (Lipinski definition) is 5. The van der Waals surface area contributed by atoms with E-state index in [1.54, 1.807) is 6.07 Å². The van der Waals surface area contributed by atoms with Crippen LogP contribution < -0.4 is 4.90 Å². The summed E-state index contributed by atoms with van der Waals surface area (Å²) in [6.45, 7) is 4.55. The molecule has 1 aromatic carbocycles. The summed E-state index contributed by atoms with van der Waals surface area (Å²) in [4.78, 5) is 24.8. The molecule has 1 aliphatic rings. The van der Waals surface area contributed by atoms with E-state index in [-0.39, 0.29) is 5.56 Å². The highest BCUT2D eigenvalue weighted by Crippen LogP contribution is 2.25. The first kappa shape index (κ1) is 18.4. The fourth-order valence-corrected chi connectivity index (χ4v) is 4.02. The zero-order valence-corrected chi connectivity index (χ0v) is 16.5. The Labute approximate surface area is 164 Å². The summed E-state index contributed by atoms with van der Waals surface area (Å²) in [5, 5.41) is 9.22. The molecule has 0 saturated carbocycles. The summed E-state index contributed by atoms with van der Waals surface area (Å²) in [7, 11) is 4.21. The van der Waals surface area contributed by atoms with Gasteiger partial charge in [0.2, 0.25) is 5.95 Å². The second-order valence-corrected chi connectivity index (χ2v) is 7.45. The summed E-state index contributed by atoms with van der Waals surface area (Å²) in [6.07, 6.45) is 2.40. The number of aryl methyl sites for hydroxylation is 1. The number of aromatic nitrogens is 3. The number of nitrogens with zero attached hydrogens (tertiary/aromatic N) is 5. The molecule has 0 spiro atoms. The Bertz CT molecular complexity index is 1030. The van der Waals surface area contributed by atoms with E-state index in [0.717, 1.165) is 37.7 Å². The van der Waals surface area contributed by atoms with Crippen LogP contribution >= 0.6 is 0 Å². The first-order valence-corrected chi connectivity index (χ1v) is 9.55. The van der Waals surface area contributed by atoms with Crippen molar-refractivity contribution in [3.05, 3.63) is 53.2 Å². The van der Waals surface area contributed by atoms with E-state index in [1.807, 2.05) is 18.5 Å². The van der Waals surface area contributed by atoms with E-state index < -0.39 is 5.97 Å². The molecular formula is C21H25N5O2. The van der Waals surface area contributed by atoms with Crippen LogP contribution in [0.4, 0.5) is 5.95 Å². The topological polar surface area (TPSA) is 74.5 Å². The number of anilines is 1. The van der Waals surface area contributed by atoms with Gasteiger partial charge in [0.1, 0.15) is 5.52 Å². The van der Waals surface area contributed by atoms with Crippen molar-refractivity contribution < 1.29 is 9.90 Å². The molecule has 1 atom stereocenters. The van der Waals surface area contributed by atoms with Crippen molar-refractivity contribution in [3.63, 3.8) is 0 Å². The smallest absolute Gasteiger partial charge is 0.337 e. The summed E-state index contributed by atoms with van der Waals surface area (Å²) >= 11 is 0. The number of pyridine rings is 1. The molecule has 2 aromatic heterocycles. The zero-order valence-electron chi connectivity index (χ0n) is 16.5. The first-order valence-electron chi connectivity index (χ1n) is 9.55. The number of carboxylic acids is 1. The molecule has 0 amide bonds. The van der Waals surface area contributed by atoms with Crippen LogP contribution in [-0.4, -0.2) is 57.2 Å². The molecule has 0 aliphatic carbocycles. The number of likely N-dealkylation sites (N-methyl/N-ethyl adjacent to an activating group) is 2. The SMILES string of the molecule is CCn1c(N(C)CC2Cc3ccccc3CN2C)nc2cc(C(=O)O)cnc21. The van der Waals surface area contributed by atoms with E-state index in [0.29, 0.717) is 11.6 Å². The molecular weight excluding hydrogens is 354 g/mol. The fourth-order valence-electron chi connectivity index (χ4n) is 4.02. The third kappa shape index (κ3) is 3.22. The second-order valence-electron chi connectivity index (χ2n) is 7.45. The lowest BCUT2D eigenvalue weighted by Gasteiger charge is -2.36. The Morgan fingerprint density at radius 3 is 2.79 bits per heavy atom. The molecule has 4 rings (SSSR count). The molecule has 146 valence electrons. The maximum Gasteiger partial charge on any atom is 0.337 e. The van der Waals surface area contributed by atoms with E-state index >= 15 is 0 Å². The molecule has 0 saturated heterocycles. The lowest BCUT2D eigenvalue weighted by molar-refractivity contribution is 0.0696. The van der Waals surface area contributed by atoms with E-state index in [4.69, 9.17) is 4.98 Å². The number of rotatable bonds is 5. The highest BCUT2D eigenvalue weighted by atomic mass is 16.4. The molecule has 1 unspecified atom stereocenters. The summed E-state index contributed by atoms with van der Waals surface area (Å²) in [6, 6.07) is 10.6. The lowest BCUT2D eigenvalue weighted by Crippen LogP contribution is -2.45. The van der Waals surface area contributed by atoms with Crippen LogP contribution in [0.3, 0.4) is 0 Å². The minimum absolute atomic E-state index is 0.158. The van der Waals surface area contributed by atoms with Crippen molar-refractivity contribution in [2.75, 3.05) is 25.5 Å². The van der Waals surface area contributed by atoms with Gasteiger partial charge in [0.05, 0.1) is 5.56 Å². The van der Waals surface area contributed by atoms with Gasteiger partial charge in [-0.2, -0.15) is 0 Å². The van der Waals surface area contributed by atoms with Crippen molar-refractivity contribution in [2.45, 2.75) is 32.5 Å². The van der Waals surface area contributed by atoms with Gasteiger partial charge in [-0.15, -0.1) is 0 Å². The number of benzene rings is 1. The largest absolute Gasteiger partial charge is 0.478 e. The average Bonchev–Trinajstić information content (AvgIpc) is 3.06. The van der Waals surface area contributed by atoms with Crippen LogP contribution in [-0.2, 0) is 19.5 Å². The predicted molar refractivity (Wildman–Crippen MR) is 109 cm³/mol. The van der Waals surface area contributed by atoms with E-state index in [1.165, 1.54) is 17.3 Å². The number of aromatic carboxylic acids is 1. The van der Waals surface area contributed by atoms with Gasteiger partial charge in [0.25, 0.3) is 0 Å². The Kier molecular flexibility index (Phi) is 4.77.